The van der Waals surface area contributed by atoms with Gasteiger partial charge in [-0.1, -0.05) is 20.8 Å². The van der Waals surface area contributed by atoms with Crippen LogP contribution in [0.15, 0.2) is 30.5 Å². The molecular formula is C25H34N4O4. The van der Waals surface area contributed by atoms with E-state index >= 15 is 0 Å². The first-order valence-electron chi connectivity index (χ1n) is 11.7. The molecule has 2 aromatic heterocycles. The molecule has 1 aliphatic rings. The number of benzene rings is 1. The summed E-state index contributed by atoms with van der Waals surface area (Å²) in [5.41, 5.74) is 3.58. The Bertz CT molecular complexity index is 1090. The lowest BCUT2D eigenvalue weighted by atomic mass is 10.1. The van der Waals surface area contributed by atoms with Crippen molar-refractivity contribution in [3.8, 4) is 22.8 Å². The number of fused-ring (bicyclic) bond motifs is 1. The Kier molecular flexibility index (Phi) is 7.05. The first kappa shape index (κ1) is 23.3. The third kappa shape index (κ3) is 5.07. The number of hydrogen-bond acceptors (Lipinski definition) is 7. The number of nitrogens with zero attached hydrogens (tertiary/aromatic N) is 4. The van der Waals surface area contributed by atoms with E-state index in [0.29, 0.717) is 17.9 Å². The summed E-state index contributed by atoms with van der Waals surface area (Å²) in [5.74, 6) is 2.52. The molecule has 8 heteroatoms. The van der Waals surface area contributed by atoms with E-state index in [0.717, 1.165) is 54.2 Å². The van der Waals surface area contributed by atoms with E-state index in [9.17, 15) is 10.2 Å². The Morgan fingerprint density at radius 1 is 1.12 bits per heavy atom. The monoisotopic (exact) mass is 454 g/mol. The molecule has 0 radical (unpaired) electrons. The van der Waals surface area contributed by atoms with Gasteiger partial charge in [0.05, 0.1) is 31.2 Å². The van der Waals surface area contributed by atoms with Crippen LogP contribution in [-0.4, -0.2) is 63.8 Å². The fourth-order valence-corrected chi connectivity index (χ4v) is 4.07. The van der Waals surface area contributed by atoms with Crippen LogP contribution in [-0.2, 0) is 0 Å². The molecule has 0 saturated carbocycles. The normalized spacial score (nSPS) is 15.9. The Hall–Kier alpha value is -2.84. The number of aromatic nitrogens is 3. The van der Waals surface area contributed by atoms with E-state index in [4.69, 9.17) is 14.5 Å². The lowest BCUT2D eigenvalue weighted by Crippen LogP contribution is -2.37. The predicted octanol–water partition coefficient (Wildman–Crippen LogP) is 3.64. The summed E-state index contributed by atoms with van der Waals surface area (Å²) in [7, 11) is 1.62. The number of aliphatic hydroxyl groups excluding tert-OH is 2. The minimum atomic E-state index is -0.518. The zero-order valence-corrected chi connectivity index (χ0v) is 19.9. The molecule has 3 aromatic rings. The van der Waals surface area contributed by atoms with Crippen molar-refractivity contribution in [2.45, 2.75) is 58.2 Å². The van der Waals surface area contributed by atoms with Crippen LogP contribution in [0, 0.1) is 0 Å². The van der Waals surface area contributed by atoms with E-state index in [1.807, 2.05) is 41.9 Å². The maximum atomic E-state index is 9.99. The minimum absolute atomic E-state index is 0.219. The number of piperidine rings is 1. The molecule has 1 aromatic carbocycles. The summed E-state index contributed by atoms with van der Waals surface area (Å²) in [6.45, 7) is 7.94. The molecule has 1 atom stereocenters. The summed E-state index contributed by atoms with van der Waals surface area (Å²) in [5, 5.41) is 24.5. The Balaban J connectivity index is 1.80. The quantitative estimate of drug-likeness (QED) is 0.537. The van der Waals surface area contributed by atoms with Crippen LogP contribution in [0.1, 0.15) is 51.5 Å². The lowest BCUT2D eigenvalue weighted by molar-refractivity contribution is 0.104. The van der Waals surface area contributed by atoms with Crippen molar-refractivity contribution in [2.24, 2.45) is 0 Å². The number of aliphatic hydroxyl groups is 2. The van der Waals surface area contributed by atoms with Gasteiger partial charge < -0.3 is 24.6 Å². The van der Waals surface area contributed by atoms with Crippen molar-refractivity contribution in [1.29, 1.82) is 0 Å². The molecule has 0 spiro atoms. The molecular weight excluding hydrogens is 420 g/mol. The zero-order chi connectivity index (χ0) is 23.5. The van der Waals surface area contributed by atoms with Gasteiger partial charge >= 0.3 is 0 Å². The first-order chi connectivity index (χ1) is 15.9. The molecule has 4 rings (SSSR count). The second kappa shape index (κ2) is 9.97. The maximum absolute atomic E-state index is 9.99. The molecule has 3 heterocycles. The highest BCUT2D eigenvalue weighted by Crippen LogP contribution is 2.33. The van der Waals surface area contributed by atoms with E-state index < -0.39 is 6.10 Å². The smallest absolute Gasteiger partial charge is 0.161 e. The fraction of sp³-hybridized carbons (Fsp3) is 0.520. The topological polar surface area (TPSA) is 92.3 Å². The molecule has 2 N–H and O–H groups in total. The second-order valence-electron chi connectivity index (χ2n) is 8.98. The van der Waals surface area contributed by atoms with Gasteiger partial charge in [0.15, 0.2) is 5.65 Å². The van der Waals surface area contributed by atoms with Gasteiger partial charge in [-0.05, 0) is 37.3 Å². The fourth-order valence-electron chi connectivity index (χ4n) is 4.07. The van der Waals surface area contributed by atoms with Crippen molar-refractivity contribution in [3.05, 3.63) is 36.0 Å². The van der Waals surface area contributed by atoms with Gasteiger partial charge in [-0.15, -0.1) is 0 Å². The average Bonchev–Trinajstić information content (AvgIpc) is 3.26. The Morgan fingerprint density at radius 2 is 1.85 bits per heavy atom. The third-order valence-corrected chi connectivity index (χ3v) is 6.22. The van der Waals surface area contributed by atoms with Gasteiger partial charge in [-0.3, -0.25) is 0 Å². The van der Waals surface area contributed by atoms with Gasteiger partial charge in [0, 0.05) is 36.3 Å². The van der Waals surface area contributed by atoms with Crippen LogP contribution in [0.25, 0.3) is 16.9 Å². The third-order valence-electron chi connectivity index (χ3n) is 6.22. The van der Waals surface area contributed by atoms with Crippen molar-refractivity contribution in [1.82, 2.24) is 14.6 Å². The summed E-state index contributed by atoms with van der Waals surface area (Å²) in [6.07, 6.45) is 3.21. The van der Waals surface area contributed by atoms with E-state index in [2.05, 4.69) is 23.8 Å². The van der Waals surface area contributed by atoms with E-state index in [-0.39, 0.29) is 18.6 Å². The van der Waals surface area contributed by atoms with Crippen LogP contribution in [0.4, 0.5) is 5.82 Å². The molecule has 33 heavy (non-hydrogen) atoms. The summed E-state index contributed by atoms with van der Waals surface area (Å²) in [6, 6.07) is 7.73. The molecule has 0 bridgehead atoms. The molecule has 8 nitrogen and oxygen atoms in total. The van der Waals surface area contributed by atoms with Crippen LogP contribution >= 0.6 is 0 Å². The highest BCUT2D eigenvalue weighted by molar-refractivity contribution is 5.71. The largest absolute Gasteiger partial charge is 0.497 e. The van der Waals surface area contributed by atoms with Crippen molar-refractivity contribution < 1.29 is 19.7 Å². The van der Waals surface area contributed by atoms with Gasteiger partial charge in [0.2, 0.25) is 0 Å². The van der Waals surface area contributed by atoms with E-state index in [1.54, 1.807) is 7.11 Å². The van der Waals surface area contributed by atoms with Crippen molar-refractivity contribution in [3.63, 3.8) is 0 Å². The Labute approximate surface area is 194 Å². The van der Waals surface area contributed by atoms with Crippen LogP contribution < -0.4 is 14.4 Å². The molecule has 0 amide bonds. The number of anilines is 1. The summed E-state index contributed by atoms with van der Waals surface area (Å²) < 4.78 is 13.3. The summed E-state index contributed by atoms with van der Waals surface area (Å²) in [4.78, 5) is 7.25. The maximum Gasteiger partial charge on any atom is 0.161 e. The standard InChI is InChI=1S/C25H34N4O4/c1-5-18(30)15-33-21-11-17(10-20(12-21)32-4)23-13-24(28-8-6-19(31)7-9-28)29-25(27-23)22(14-26-29)16(2)3/h10-14,16,18-19,30-31H,5-9,15H2,1-4H3/t18-/m0/s1. The molecule has 0 aliphatic carbocycles. The predicted molar refractivity (Wildman–Crippen MR) is 128 cm³/mol. The first-order valence-corrected chi connectivity index (χ1v) is 11.7. The van der Waals surface area contributed by atoms with Crippen LogP contribution in [0.2, 0.25) is 0 Å². The number of methoxy groups -OCH3 is 1. The van der Waals surface area contributed by atoms with Crippen LogP contribution in [0.5, 0.6) is 11.5 Å². The van der Waals surface area contributed by atoms with Gasteiger partial charge in [-0.25, -0.2) is 4.98 Å². The highest BCUT2D eigenvalue weighted by Gasteiger charge is 2.23. The number of rotatable bonds is 8. The lowest BCUT2D eigenvalue weighted by Gasteiger charge is -2.31. The SMILES string of the molecule is CC[C@H](O)COc1cc(OC)cc(-c2cc(N3CCC(O)CC3)n3ncc(C(C)C)c3n2)c1. The summed E-state index contributed by atoms with van der Waals surface area (Å²) >= 11 is 0. The highest BCUT2D eigenvalue weighted by atomic mass is 16.5. The molecule has 178 valence electrons. The minimum Gasteiger partial charge on any atom is -0.497 e. The molecule has 1 saturated heterocycles. The molecule has 1 aliphatic heterocycles. The van der Waals surface area contributed by atoms with Crippen LogP contribution in [0.3, 0.4) is 0 Å². The van der Waals surface area contributed by atoms with Crippen molar-refractivity contribution >= 4 is 11.5 Å². The Morgan fingerprint density at radius 3 is 2.52 bits per heavy atom. The van der Waals surface area contributed by atoms with E-state index in [1.165, 1.54) is 0 Å². The van der Waals surface area contributed by atoms with Gasteiger partial charge in [-0.2, -0.15) is 9.61 Å². The molecule has 1 fully saturated rings. The average molecular weight is 455 g/mol. The van der Waals surface area contributed by atoms with Gasteiger partial charge in [0.1, 0.15) is 23.9 Å². The second-order valence-corrected chi connectivity index (χ2v) is 8.98. The van der Waals surface area contributed by atoms with Gasteiger partial charge in [0.25, 0.3) is 0 Å². The zero-order valence-electron chi connectivity index (χ0n) is 19.9. The molecule has 0 unspecified atom stereocenters. The van der Waals surface area contributed by atoms with Crippen molar-refractivity contribution in [2.75, 3.05) is 31.7 Å². The number of hydrogen-bond donors (Lipinski definition) is 2. The number of ether oxygens (including phenoxy) is 2.